The van der Waals surface area contributed by atoms with E-state index in [4.69, 9.17) is 0 Å². The number of anilines is 1. The first-order chi connectivity index (χ1) is 13.8. The molecule has 156 valence electrons. The molecule has 3 rings (SSSR count). The molecule has 5 nitrogen and oxygen atoms in total. The number of aryl methyl sites for hydroxylation is 2. The maximum atomic E-state index is 13.0. The van der Waals surface area contributed by atoms with E-state index < -0.39 is 10.0 Å². The predicted molar refractivity (Wildman–Crippen MR) is 117 cm³/mol. The van der Waals surface area contributed by atoms with Gasteiger partial charge in [-0.15, -0.1) is 0 Å². The number of rotatable bonds is 6. The molecule has 0 aliphatic heterocycles. The molecule has 0 bridgehead atoms. The Morgan fingerprint density at radius 1 is 1.00 bits per heavy atom. The van der Waals surface area contributed by atoms with E-state index in [0.717, 1.165) is 24.0 Å². The molecule has 2 aromatic carbocycles. The van der Waals surface area contributed by atoms with Crippen LogP contribution < -0.4 is 10.0 Å². The zero-order valence-electron chi connectivity index (χ0n) is 17.4. The summed E-state index contributed by atoms with van der Waals surface area (Å²) in [7, 11) is -3.80. The highest BCUT2D eigenvalue weighted by Gasteiger charge is 2.21. The van der Waals surface area contributed by atoms with Crippen molar-refractivity contribution in [1.82, 2.24) is 5.32 Å². The van der Waals surface area contributed by atoms with Crippen molar-refractivity contribution in [2.24, 2.45) is 5.92 Å². The van der Waals surface area contributed by atoms with Crippen LogP contribution in [-0.4, -0.2) is 20.9 Å². The Bertz CT molecular complexity index is 993. The van der Waals surface area contributed by atoms with E-state index in [0.29, 0.717) is 29.3 Å². The summed E-state index contributed by atoms with van der Waals surface area (Å²) >= 11 is 0. The van der Waals surface area contributed by atoms with Gasteiger partial charge in [0.05, 0.1) is 10.6 Å². The van der Waals surface area contributed by atoms with Crippen LogP contribution in [0.3, 0.4) is 0 Å². The van der Waals surface area contributed by atoms with Crippen molar-refractivity contribution in [2.45, 2.75) is 57.8 Å². The molecule has 0 spiro atoms. The van der Waals surface area contributed by atoms with Gasteiger partial charge >= 0.3 is 0 Å². The Hall–Kier alpha value is -2.34. The highest BCUT2D eigenvalue weighted by molar-refractivity contribution is 7.92. The third-order valence-electron chi connectivity index (χ3n) is 5.86. The van der Waals surface area contributed by atoms with Gasteiger partial charge < -0.3 is 5.32 Å². The summed E-state index contributed by atoms with van der Waals surface area (Å²) < 4.78 is 28.7. The second-order valence-electron chi connectivity index (χ2n) is 8.05. The van der Waals surface area contributed by atoms with Crippen molar-refractivity contribution in [2.75, 3.05) is 11.3 Å². The zero-order chi connectivity index (χ0) is 21.0. The Balaban J connectivity index is 1.78. The Kier molecular flexibility index (Phi) is 6.63. The van der Waals surface area contributed by atoms with Crippen molar-refractivity contribution in [1.29, 1.82) is 0 Å². The second-order valence-corrected chi connectivity index (χ2v) is 9.70. The molecule has 0 radical (unpaired) electrons. The van der Waals surface area contributed by atoms with Gasteiger partial charge in [0.1, 0.15) is 0 Å². The van der Waals surface area contributed by atoms with E-state index in [1.165, 1.54) is 25.3 Å². The highest BCUT2D eigenvalue weighted by atomic mass is 32.2. The predicted octanol–water partition coefficient (Wildman–Crippen LogP) is 4.72. The summed E-state index contributed by atoms with van der Waals surface area (Å²) in [6.07, 6.45) is 6.01. The second kappa shape index (κ2) is 8.99. The molecule has 2 aromatic rings. The number of nitrogens with one attached hydrogen (secondary N) is 2. The fourth-order valence-electron chi connectivity index (χ4n) is 3.82. The van der Waals surface area contributed by atoms with Gasteiger partial charge in [0.25, 0.3) is 15.9 Å². The lowest BCUT2D eigenvalue weighted by atomic mass is 9.89. The fourth-order valence-corrected chi connectivity index (χ4v) is 5.22. The van der Waals surface area contributed by atoms with Crippen molar-refractivity contribution in [3.05, 3.63) is 58.7 Å². The SMILES string of the molecule is Cc1ccc(C(=O)NCC2CCCCC2)cc1S(=O)(=O)Nc1cccc(C)c1C. The largest absolute Gasteiger partial charge is 0.352 e. The maximum Gasteiger partial charge on any atom is 0.262 e. The summed E-state index contributed by atoms with van der Waals surface area (Å²) in [4.78, 5) is 12.7. The van der Waals surface area contributed by atoms with Crippen LogP contribution in [0.15, 0.2) is 41.3 Å². The van der Waals surface area contributed by atoms with Gasteiger partial charge in [-0.25, -0.2) is 8.42 Å². The fraction of sp³-hybridized carbons (Fsp3) is 0.435. The lowest BCUT2D eigenvalue weighted by Crippen LogP contribution is -2.30. The van der Waals surface area contributed by atoms with Crippen LogP contribution >= 0.6 is 0 Å². The minimum Gasteiger partial charge on any atom is -0.352 e. The number of sulfonamides is 1. The van der Waals surface area contributed by atoms with Crippen LogP contribution in [0.1, 0.15) is 59.2 Å². The summed E-state index contributed by atoms with van der Waals surface area (Å²) in [5, 5.41) is 2.98. The maximum absolute atomic E-state index is 13.0. The van der Waals surface area contributed by atoms with Gasteiger partial charge in [0.2, 0.25) is 0 Å². The number of carbonyl (C=O) groups excluding carboxylic acids is 1. The normalized spacial score (nSPS) is 15.1. The standard InChI is InChI=1S/C23H30N2O3S/c1-16-8-7-11-21(18(16)3)25-29(27,28)22-14-20(13-12-17(22)2)23(26)24-15-19-9-5-4-6-10-19/h7-8,11-14,19,25H,4-6,9-10,15H2,1-3H3,(H,24,26). The van der Waals surface area contributed by atoms with Gasteiger partial charge in [0.15, 0.2) is 0 Å². The average molecular weight is 415 g/mol. The lowest BCUT2D eigenvalue weighted by Gasteiger charge is -2.21. The van der Waals surface area contributed by atoms with Crippen molar-refractivity contribution >= 4 is 21.6 Å². The molecular formula is C23H30N2O3S. The molecular weight excluding hydrogens is 384 g/mol. The first-order valence-electron chi connectivity index (χ1n) is 10.3. The van der Waals surface area contributed by atoms with Gasteiger partial charge in [0, 0.05) is 12.1 Å². The number of hydrogen-bond acceptors (Lipinski definition) is 3. The molecule has 0 atom stereocenters. The molecule has 1 aliphatic carbocycles. The van der Waals surface area contributed by atoms with Crippen LogP contribution in [-0.2, 0) is 10.0 Å². The Labute approximate surface area is 174 Å². The van der Waals surface area contributed by atoms with E-state index >= 15 is 0 Å². The molecule has 29 heavy (non-hydrogen) atoms. The Morgan fingerprint density at radius 3 is 2.45 bits per heavy atom. The van der Waals surface area contributed by atoms with Crippen molar-refractivity contribution < 1.29 is 13.2 Å². The van der Waals surface area contributed by atoms with Crippen LogP contribution in [0.4, 0.5) is 5.69 Å². The van der Waals surface area contributed by atoms with E-state index in [1.54, 1.807) is 25.1 Å². The van der Waals surface area contributed by atoms with Gasteiger partial charge in [-0.3, -0.25) is 9.52 Å². The molecule has 1 aliphatic rings. The van der Waals surface area contributed by atoms with Gasteiger partial charge in [-0.1, -0.05) is 37.5 Å². The third-order valence-corrected chi connectivity index (χ3v) is 7.37. The van der Waals surface area contributed by atoms with Crippen molar-refractivity contribution in [3.8, 4) is 0 Å². The van der Waals surface area contributed by atoms with Crippen LogP contribution in [0.2, 0.25) is 0 Å². The quantitative estimate of drug-likeness (QED) is 0.718. The van der Waals surface area contributed by atoms with E-state index in [1.807, 2.05) is 26.0 Å². The van der Waals surface area contributed by atoms with Crippen molar-refractivity contribution in [3.63, 3.8) is 0 Å². The number of hydrogen-bond donors (Lipinski definition) is 2. The molecule has 1 fully saturated rings. The summed E-state index contributed by atoms with van der Waals surface area (Å²) in [6.45, 7) is 6.21. The molecule has 0 saturated heterocycles. The molecule has 0 heterocycles. The molecule has 1 amide bonds. The minimum atomic E-state index is -3.80. The first-order valence-corrected chi connectivity index (χ1v) is 11.7. The van der Waals surface area contributed by atoms with E-state index in [2.05, 4.69) is 10.0 Å². The topological polar surface area (TPSA) is 75.3 Å². The Morgan fingerprint density at radius 2 is 1.72 bits per heavy atom. The highest BCUT2D eigenvalue weighted by Crippen LogP contribution is 2.25. The molecule has 1 saturated carbocycles. The molecule has 6 heteroatoms. The first kappa shape index (κ1) is 21.4. The molecule has 2 N–H and O–H groups in total. The van der Waals surface area contributed by atoms with Gasteiger partial charge in [-0.2, -0.15) is 0 Å². The minimum absolute atomic E-state index is 0.128. The zero-order valence-corrected chi connectivity index (χ0v) is 18.2. The summed E-state index contributed by atoms with van der Waals surface area (Å²) in [5.41, 5.74) is 3.42. The number of amides is 1. The summed E-state index contributed by atoms with van der Waals surface area (Å²) in [5.74, 6) is 0.297. The molecule has 0 unspecified atom stereocenters. The average Bonchev–Trinajstić information content (AvgIpc) is 2.70. The van der Waals surface area contributed by atoms with Crippen LogP contribution in [0.25, 0.3) is 0 Å². The number of benzene rings is 2. The van der Waals surface area contributed by atoms with E-state index in [9.17, 15) is 13.2 Å². The number of carbonyl (C=O) groups is 1. The van der Waals surface area contributed by atoms with E-state index in [-0.39, 0.29) is 10.8 Å². The summed E-state index contributed by atoms with van der Waals surface area (Å²) in [6, 6.07) is 10.3. The third kappa shape index (κ3) is 5.18. The smallest absolute Gasteiger partial charge is 0.262 e. The molecule has 0 aromatic heterocycles. The van der Waals surface area contributed by atoms with Crippen LogP contribution in [0, 0.1) is 26.7 Å². The van der Waals surface area contributed by atoms with Crippen LogP contribution in [0.5, 0.6) is 0 Å². The lowest BCUT2D eigenvalue weighted by molar-refractivity contribution is 0.0943. The monoisotopic (exact) mass is 414 g/mol. The van der Waals surface area contributed by atoms with Gasteiger partial charge in [-0.05, 0) is 74.4 Å².